The van der Waals surface area contributed by atoms with E-state index in [0.29, 0.717) is 6.42 Å². The molecule has 162 valence electrons. The van der Waals surface area contributed by atoms with E-state index in [1.165, 1.54) is 23.6 Å². The monoisotopic (exact) mass is 412 g/mol. The zero-order valence-corrected chi connectivity index (χ0v) is 17.5. The van der Waals surface area contributed by atoms with Crippen molar-refractivity contribution in [2.45, 2.75) is 32.1 Å². The van der Waals surface area contributed by atoms with Crippen molar-refractivity contribution >= 4 is 23.2 Å². The van der Waals surface area contributed by atoms with Gasteiger partial charge in [0.2, 0.25) is 5.91 Å². The quantitative estimate of drug-likeness (QED) is 0.738. The molecule has 0 spiro atoms. The SMILES string of the molecule is O=C(Cc1ccc2ccccc2c1)N1CCC(CO)(CN2CCCC2)CC1.O=CO. The molecule has 6 nitrogen and oxygen atoms in total. The summed E-state index contributed by atoms with van der Waals surface area (Å²) in [6.07, 6.45) is 4.83. The van der Waals surface area contributed by atoms with Gasteiger partial charge in [-0.1, -0.05) is 42.5 Å². The van der Waals surface area contributed by atoms with E-state index < -0.39 is 0 Å². The second-order valence-electron chi connectivity index (χ2n) is 8.49. The third-order valence-corrected chi connectivity index (χ3v) is 6.44. The number of benzene rings is 2. The predicted molar refractivity (Wildman–Crippen MR) is 117 cm³/mol. The van der Waals surface area contributed by atoms with E-state index in [-0.39, 0.29) is 24.4 Å². The van der Waals surface area contributed by atoms with Crippen LogP contribution in [0, 0.1) is 5.41 Å². The van der Waals surface area contributed by atoms with Crippen molar-refractivity contribution in [3.8, 4) is 0 Å². The minimum atomic E-state index is -0.250. The molecule has 0 radical (unpaired) electrons. The zero-order valence-electron chi connectivity index (χ0n) is 17.5. The molecule has 2 aromatic carbocycles. The van der Waals surface area contributed by atoms with Crippen molar-refractivity contribution in [3.63, 3.8) is 0 Å². The van der Waals surface area contributed by atoms with Crippen molar-refractivity contribution < 1.29 is 19.8 Å². The fourth-order valence-corrected chi connectivity index (χ4v) is 4.65. The van der Waals surface area contributed by atoms with Gasteiger partial charge in [-0.2, -0.15) is 0 Å². The first kappa shape index (κ1) is 22.2. The van der Waals surface area contributed by atoms with Crippen LogP contribution in [0.3, 0.4) is 0 Å². The van der Waals surface area contributed by atoms with Crippen LogP contribution < -0.4 is 0 Å². The second kappa shape index (κ2) is 10.5. The Hall–Kier alpha value is -2.44. The first-order chi connectivity index (χ1) is 14.6. The highest BCUT2D eigenvalue weighted by molar-refractivity contribution is 5.85. The first-order valence-corrected chi connectivity index (χ1v) is 10.8. The lowest BCUT2D eigenvalue weighted by molar-refractivity contribution is -0.133. The molecule has 0 aromatic heterocycles. The smallest absolute Gasteiger partial charge is 0.290 e. The summed E-state index contributed by atoms with van der Waals surface area (Å²) in [5, 5.41) is 19.3. The van der Waals surface area contributed by atoms with Gasteiger partial charge in [-0.3, -0.25) is 9.59 Å². The highest BCUT2D eigenvalue weighted by Crippen LogP contribution is 2.33. The van der Waals surface area contributed by atoms with Crippen molar-refractivity contribution in [3.05, 3.63) is 48.0 Å². The fourth-order valence-electron chi connectivity index (χ4n) is 4.65. The first-order valence-electron chi connectivity index (χ1n) is 10.8. The highest BCUT2D eigenvalue weighted by Gasteiger charge is 2.37. The number of carbonyl (C=O) groups is 2. The van der Waals surface area contributed by atoms with E-state index in [4.69, 9.17) is 9.90 Å². The van der Waals surface area contributed by atoms with Crippen molar-refractivity contribution in [2.24, 2.45) is 5.41 Å². The molecule has 0 saturated carbocycles. The van der Waals surface area contributed by atoms with Crippen molar-refractivity contribution in [1.82, 2.24) is 9.80 Å². The van der Waals surface area contributed by atoms with Gasteiger partial charge in [-0.25, -0.2) is 0 Å². The Bertz CT molecular complexity index is 840. The Morgan fingerprint density at radius 2 is 1.63 bits per heavy atom. The summed E-state index contributed by atoms with van der Waals surface area (Å²) in [6, 6.07) is 14.6. The topological polar surface area (TPSA) is 81.1 Å². The molecule has 2 aliphatic heterocycles. The van der Waals surface area contributed by atoms with Crippen LogP contribution in [-0.4, -0.2) is 71.7 Å². The largest absolute Gasteiger partial charge is 0.483 e. The molecule has 6 heteroatoms. The number of fused-ring (bicyclic) bond motifs is 1. The van der Waals surface area contributed by atoms with Crippen LogP contribution >= 0.6 is 0 Å². The minimum absolute atomic E-state index is 0.0237. The van der Waals surface area contributed by atoms with E-state index in [1.807, 2.05) is 17.0 Å². The molecule has 2 N–H and O–H groups in total. The molecule has 4 rings (SSSR count). The van der Waals surface area contributed by atoms with Gasteiger partial charge in [0.15, 0.2) is 0 Å². The van der Waals surface area contributed by atoms with Crippen LogP contribution in [0.15, 0.2) is 42.5 Å². The molecule has 2 aliphatic rings. The zero-order chi connectivity index (χ0) is 21.4. The number of carboxylic acid groups (broad SMARTS) is 1. The van der Waals surface area contributed by atoms with Crippen molar-refractivity contribution in [2.75, 3.05) is 39.3 Å². The molecule has 1 amide bonds. The van der Waals surface area contributed by atoms with Crippen LogP contribution in [0.2, 0.25) is 0 Å². The number of nitrogens with zero attached hydrogens (tertiary/aromatic N) is 2. The van der Waals surface area contributed by atoms with Gasteiger partial charge in [-0.15, -0.1) is 0 Å². The maximum Gasteiger partial charge on any atom is 0.290 e. The van der Waals surface area contributed by atoms with Gasteiger partial charge in [0.1, 0.15) is 0 Å². The number of aliphatic hydroxyl groups is 1. The van der Waals surface area contributed by atoms with Crippen LogP contribution in [0.1, 0.15) is 31.2 Å². The van der Waals surface area contributed by atoms with Crippen LogP contribution in [0.5, 0.6) is 0 Å². The number of amides is 1. The van der Waals surface area contributed by atoms with Crippen LogP contribution in [-0.2, 0) is 16.0 Å². The molecular weight excluding hydrogens is 380 g/mol. The third kappa shape index (κ3) is 5.58. The molecule has 2 aromatic rings. The molecule has 0 aliphatic carbocycles. The van der Waals surface area contributed by atoms with Gasteiger partial charge in [-0.05, 0) is 55.1 Å². The van der Waals surface area contributed by atoms with Gasteiger partial charge < -0.3 is 20.0 Å². The number of piperidine rings is 1. The highest BCUT2D eigenvalue weighted by atomic mass is 16.3. The minimum Gasteiger partial charge on any atom is -0.483 e. The summed E-state index contributed by atoms with van der Waals surface area (Å²) < 4.78 is 0. The maximum atomic E-state index is 12.8. The number of hydrogen-bond donors (Lipinski definition) is 2. The van der Waals surface area contributed by atoms with E-state index in [0.717, 1.165) is 51.1 Å². The van der Waals surface area contributed by atoms with Crippen molar-refractivity contribution in [1.29, 1.82) is 0 Å². The van der Waals surface area contributed by atoms with Gasteiger partial charge in [0, 0.05) is 25.0 Å². The van der Waals surface area contributed by atoms with Gasteiger partial charge in [0.05, 0.1) is 13.0 Å². The molecule has 0 unspecified atom stereocenters. The van der Waals surface area contributed by atoms with Crippen LogP contribution in [0.25, 0.3) is 10.8 Å². The van der Waals surface area contributed by atoms with E-state index in [9.17, 15) is 9.90 Å². The molecule has 0 bridgehead atoms. The molecule has 2 heterocycles. The van der Waals surface area contributed by atoms with E-state index >= 15 is 0 Å². The Balaban J connectivity index is 0.000000806. The lowest BCUT2D eigenvalue weighted by Gasteiger charge is -2.42. The van der Waals surface area contributed by atoms with Crippen LogP contribution in [0.4, 0.5) is 0 Å². The number of hydrogen-bond acceptors (Lipinski definition) is 4. The van der Waals surface area contributed by atoms with Gasteiger partial charge >= 0.3 is 0 Å². The number of carbonyl (C=O) groups excluding carboxylic acids is 1. The summed E-state index contributed by atoms with van der Waals surface area (Å²) in [5.41, 5.74) is 1.05. The molecule has 30 heavy (non-hydrogen) atoms. The second-order valence-corrected chi connectivity index (χ2v) is 8.49. The average Bonchev–Trinajstić information content (AvgIpc) is 3.27. The molecule has 2 saturated heterocycles. The van der Waals surface area contributed by atoms with E-state index in [1.54, 1.807) is 0 Å². The third-order valence-electron chi connectivity index (χ3n) is 6.44. The molecule has 0 atom stereocenters. The summed E-state index contributed by atoms with van der Waals surface area (Å²) in [6.45, 7) is 4.81. The summed E-state index contributed by atoms with van der Waals surface area (Å²) >= 11 is 0. The molecular formula is C24H32N2O4. The summed E-state index contributed by atoms with van der Waals surface area (Å²) in [7, 11) is 0. The number of rotatable bonds is 5. The Labute approximate surface area is 178 Å². The maximum absolute atomic E-state index is 12.8. The molecule has 2 fully saturated rings. The Morgan fingerprint density at radius 3 is 2.27 bits per heavy atom. The van der Waals surface area contributed by atoms with E-state index in [2.05, 4.69) is 35.2 Å². The number of likely N-dealkylation sites (tertiary alicyclic amines) is 2. The standard InChI is InChI=1S/C23H30N2O2.CH2O2/c26-18-23(17-24-11-3-4-12-24)9-13-25(14-10-23)22(27)16-19-7-8-20-5-1-2-6-21(20)15-19;2-1-3/h1-2,5-8,15,26H,3-4,9-14,16-18H2;1H,(H,2,3). The lowest BCUT2D eigenvalue weighted by atomic mass is 9.78. The number of aliphatic hydroxyl groups excluding tert-OH is 1. The Kier molecular flexibility index (Phi) is 7.82. The summed E-state index contributed by atoms with van der Waals surface area (Å²) in [4.78, 5) is 25.6. The predicted octanol–water partition coefficient (Wildman–Crippen LogP) is 2.78. The average molecular weight is 413 g/mol. The van der Waals surface area contributed by atoms with Gasteiger partial charge in [0.25, 0.3) is 6.47 Å². The normalized spacial score (nSPS) is 18.6. The lowest BCUT2D eigenvalue weighted by Crippen LogP contribution is -2.49. The Morgan fingerprint density at radius 1 is 1.00 bits per heavy atom. The summed E-state index contributed by atoms with van der Waals surface area (Å²) in [5.74, 6) is 0.206. The fraction of sp³-hybridized carbons (Fsp3) is 0.500.